The molecule has 2 aliphatic rings. The number of hydrogen-bond acceptors (Lipinski definition) is 4. The third kappa shape index (κ3) is 4.16. The second kappa shape index (κ2) is 6.73. The summed E-state index contributed by atoms with van der Waals surface area (Å²) < 4.78 is 27.4. The lowest BCUT2D eigenvalue weighted by atomic mass is 9.97. The molecule has 2 N–H and O–H groups in total. The molecule has 20 heavy (non-hydrogen) atoms. The van der Waals surface area contributed by atoms with E-state index in [-0.39, 0.29) is 17.3 Å². The van der Waals surface area contributed by atoms with Crippen molar-refractivity contribution < 1.29 is 8.42 Å². The van der Waals surface area contributed by atoms with Crippen LogP contribution >= 0.6 is 0 Å². The highest BCUT2D eigenvalue weighted by Crippen LogP contribution is 2.33. The van der Waals surface area contributed by atoms with Crippen LogP contribution in [0.4, 0.5) is 0 Å². The third-order valence-corrected chi connectivity index (χ3v) is 6.36. The highest BCUT2D eigenvalue weighted by Gasteiger charge is 2.37. The van der Waals surface area contributed by atoms with Crippen LogP contribution in [0, 0.1) is 0 Å². The molecule has 5 nitrogen and oxygen atoms in total. The number of rotatable bonds is 6. The van der Waals surface area contributed by atoms with E-state index in [2.05, 4.69) is 29.0 Å². The highest BCUT2D eigenvalue weighted by atomic mass is 32.2. The van der Waals surface area contributed by atoms with Gasteiger partial charge in [0.25, 0.3) is 0 Å². The Labute approximate surface area is 123 Å². The largest absolute Gasteiger partial charge is 0.313 e. The molecule has 0 aromatic rings. The molecule has 0 radical (unpaired) electrons. The summed E-state index contributed by atoms with van der Waals surface area (Å²) in [6.45, 7) is 1.50. The first-order valence-electron chi connectivity index (χ1n) is 7.82. The van der Waals surface area contributed by atoms with Gasteiger partial charge in [0.1, 0.15) is 0 Å². The van der Waals surface area contributed by atoms with E-state index in [1.807, 2.05) is 0 Å². The monoisotopic (exact) mass is 303 g/mol. The fraction of sp³-hybridized carbons (Fsp3) is 1.00. The minimum Gasteiger partial charge on any atom is -0.313 e. The summed E-state index contributed by atoms with van der Waals surface area (Å²) in [5.41, 5.74) is 0.0209. The van der Waals surface area contributed by atoms with Crippen molar-refractivity contribution in [1.82, 2.24) is 14.9 Å². The fourth-order valence-electron chi connectivity index (χ4n) is 3.45. The van der Waals surface area contributed by atoms with Crippen molar-refractivity contribution in [2.24, 2.45) is 0 Å². The van der Waals surface area contributed by atoms with E-state index in [0.717, 1.165) is 38.6 Å². The van der Waals surface area contributed by atoms with Crippen LogP contribution in [0.5, 0.6) is 0 Å². The van der Waals surface area contributed by atoms with Crippen LogP contribution in [-0.4, -0.2) is 57.8 Å². The molecule has 0 aromatic heterocycles. The average Bonchev–Trinajstić information content (AvgIpc) is 2.87. The van der Waals surface area contributed by atoms with Gasteiger partial charge in [0.15, 0.2) is 0 Å². The van der Waals surface area contributed by atoms with Crippen LogP contribution in [0.2, 0.25) is 0 Å². The molecule has 0 bridgehead atoms. The summed E-state index contributed by atoms with van der Waals surface area (Å²) in [5, 5.41) is 3.31. The molecule has 6 heteroatoms. The molecule has 1 saturated carbocycles. The predicted octanol–water partition coefficient (Wildman–Crippen LogP) is 0.922. The van der Waals surface area contributed by atoms with E-state index in [4.69, 9.17) is 0 Å². The maximum Gasteiger partial charge on any atom is 0.213 e. The smallest absolute Gasteiger partial charge is 0.213 e. The molecule has 2 fully saturated rings. The summed E-state index contributed by atoms with van der Waals surface area (Å²) in [6.07, 6.45) is 7.84. The van der Waals surface area contributed by atoms with Crippen molar-refractivity contribution in [3.05, 3.63) is 0 Å². The van der Waals surface area contributed by atoms with Gasteiger partial charge < -0.3 is 10.2 Å². The van der Waals surface area contributed by atoms with Gasteiger partial charge in [-0.2, -0.15) is 0 Å². The molecular formula is C14H29N3O2S. The number of hydrogen-bond donors (Lipinski definition) is 2. The molecule has 1 saturated heterocycles. The Bertz CT molecular complexity index is 397. The van der Waals surface area contributed by atoms with Crippen molar-refractivity contribution in [1.29, 1.82) is 0 Å². The molecule has 1 aliphatic carbocycles. The van der Waals surface area contributed by atoms with Gasteiger partial charge in [-0.1, -0.05) is 19.3 Å². The van der Waals surface area contributed by atoms with Gasteiger partial charge >= 0.3 is 0 Å². The molecule has 2 rings (SSSR count). The second-order valence-electron chi connectivity index (χ2n) is 6.58. The maximum atomic E-state index is 12.3. The zero-order valence-electron chi connectivity index (χ0n) is 12.8. The Kier molecular flexibility index (Phi) is 5.45. The van der Waals surface area contributed by atoms with E-state index in [9.17, 15) is 8.42 Å². The van der Waals surface area contributed by atoms with Crippen LogP contribution in [0.25, 0.3) is 0 Å². The molecule has 1 atom stereocenters. The minimum atomic E-state index is -3.18. The lowest BCUT2D eigenvalue weighted by Gasteiger charge is -2.36. The molecule has 1 heterocycles. The van der Waals surface area contributed by atoms with Gasteiger partial charge in [0.05, 0.1) is 5.75 Å². The zero-order valence-corrected chi connectivity index (χ0v) is 13.6. The fourth-order valence-corrected chi connectivity index (χ4v) is 4.87. The first-order valence-corrected chi connectivity index (χ1v) is 9.47. The van der Waals surface area contributed by atoms with Crippen LogP contribution in [0.3, 0.4) is 0 Å². The molecule has 0 aromatic carbocycles. The molecular weight excluding hydrogens is 274 g/mol. The maximum absolute atomic E-state index is 12.3. The van der Waals surface area contributed by atoms with Gasteiger partial charge in [-0.15, -0.1) is 0 Å². The van der Waals surface area contributed by atoms with Gasteiger partial charge in [-0.3, -0.25) is 0 Å². The lowest BCUT2D eigenvalue weighted by Crippen LogP contribution is -2.52. The van der Waals surface area contributed by atoms with Crippen molar-refractivity contribution in [2.75, 3.05) is 32.9 Å². The van der Waals surface area contributed by atoms with Crippen molar-refractivity contribution >= 4 is 10.0 Å². The number of piperidine rings is 1. The van der Waals surface area contributed by atoms with Crippen LogP contribution in [-0.2, 0) is 10.0 Å². The molecule has 118 valence electrons. The van der Waals surface area contributed by atoms with Crippen LogP contribution in [0.15, 0.2) is 0 Å². The van der Waals surface area contributed by atoms with Crippen molar-refractivity contribution in [3.63, 3.8) is 0 Å². The first kappa shape index (κ1) is 16.2. The standard InChI is InChI=1S/C14H29N3O2S/c1-17(2)14(8-4-5-9-14)12-16-20(18,19)11-13-7-3-6-10-15-13/h13,15-16H,3-12H2,1-2H3. The second-order valence-corrected chi connectivity index (χ2v) is 8.43. The van der Waals surface area contributed by atoms with E-state index in [1.54, 1.807) is 0 Å². The normalized spacial score (nSPS) is 27.1. The Morgan fingerprint density at radius 3 is 2.45 bits per heavy atom. The summed E-state index contributed by atoms with van der Waals surface area (Å²) in [5.74, 6) is 0.219. The summed E-state index contributed by atoms with van der Waals surface area (Å²) in [7, 11) is 0.936. The number of nitrogens with zero attached hydrogens (tertiary/aromatic N) is 1. The molecule has 0 amide bonds. The number of nitrogens with one attached hydrogen (secondary N) is 2. The molecule has 1 aliphatic heterocycles. The molecule has 1 unspecified atom stereocenters. The van der Waals surface area contributed by atoms with Crippen LogP contribution < -0.4 is 10.0 Å². The number of likely N-dealkylation sites (N-methyl/N-ethyl adjacent to an activating group) is 1. The predicted molar refractivity (Wildman–Crippen MR) is 82.3 cm³/mol. The summed E-state index contributed by atoms with van der Waals surface area (Å²) in [4.78, 5) is 2.20. The summed E-state index contributed by atoms with van der Waals surface area (Å²) >= 11 is 0. The minimum absolute atomic E-state index is 0.0209. The summed E-state index contributed by atoms with van der Waals surface area (Å²) in [6, 6.07) is 0.125. The Morgan fingerprint density at radius 1 is 1.20 bits per heavy atom. The quantitative estimate of drug-likeness (QED) is 0.766. The molecule has 0 spiro atoms. The van der Waals surface area contributed by atoms with Crippen molar-refractivity contribution in [3.8, 4) is 0 Å². The van der Waals surface area contributed by atoms with Gasteiger partial charge in [-0.25, -0.2) is 13.1 Å². The van der Waals surface area contributed by atoms with Crippen molar-refractivity contribution in [2.45, 2.75) is 56.5 Å². The van der Waals surface area contributed by atoms with E-state index >= 15 is 0 Å². The van der Waals surface area contributed by atoms with Crippen LogP contribution in [0.1, 0.15) is 44.9 Å². The SMILES string of the molecule is CN(C)C1(CNS(=O)(=O)CC2CCCCN2)CCCC1. The lowest BCUT2D eigenvalue weighted by molar-refractivity contribution is 0.162. The zero-order chi connectivity index (χ0) is 14.6. The topological polar surface area (TPSA) is 61.4 Å². The average molecular weight is 303 g/mol. The van der Waals surface area contributed by atoms with E-state index < -0.39 is 10.0 Å². The Morgan fingerprint density at radius 2 is 1.90 bits per heavy atom. The Hall–Kier alpha value is -0.170. The van der Waals surface area contributed by atoms with Gasteiger partial charge in [0, 0.05) is 18.1 Å². The third-order valence-electron chi connectivity index (χ3n) is 4.94. The van der Waals surface area contributed by atoms with Gasteiger partial charge in [-0.05, 0) is 46.3 Å². The van der Waals surface area contributed by atoms with Gasteiger partial charge in [0.2, 0.25) is 10.0 Å². The Balaban J connectivity index is 1.87. The van der Waals surface area contributed by atoms with E-state index in [0.29, 0.717) is 6.54 Å². The highest BCUT2D eigenvalue weighted by molar-refractivity contribution is 7.89. The van der Waals surface area contributed by atoms with E-state index in [1.165, 1.54) is 12.8 Å². The number of sulfonamides is 1. The first-order chi connectivity index (χ1) is 9.44.